The number of carbonyl (C=O) groups is 2. The van der Waals surface area contributed by atoms with Gasteiger partial charge in [0.25, 0.3) is 0 Å². The molecule has 0 saturated carbocycles. The zero-order chi connectivity index (χ0) is 22.3. The van der Waals surface area contributed by atoms with Crippen molar-refractivity contribution in [1.29, 1.82) is 0 Å². The van der Waals surface area contributed by atoms with Crippen LogP contribution in [-0.2, 0) is 16.0 Å². The van der Waals surface area contributed by atoms with Crippen LogP contribution in [0.4, 0.5) is 13.2 Å². The average Bonchev–Trinajstić information content (AvgIpc) is 2.67. The minimum absolute atomic E-state index is 0.0148. The van der Waals surface area contributed by atoms with Crippen LogP contribution in [0.3, 0.4) is 0 Å². The first-order chi connectivity index (χ1) is 14.0. The molecule has 1 heterocycles. The van der Waals surface area contributed by atoms with Gasteiger partial charge in [0.2, 0.25) is 11.8 Å². The van der Waals surface area contributed by atoms with E-state index in [4.69, 9.17) is 0 Å². The van der Waals surface area contributed by atoms with Gasteiger partial charge in [-0.25, -0.2) is 0 Å². The molecular weight excluding hydrogens is 399 g/mol. The third-order valence-corrected chi connectivity index (χ3v) is 5.32. The summed E-state index contributed by atoms with van der Waals surface area (Å²) in [6.07, 6.45) is -2.71. The molecule has 1 aromatic rings. The highest BCUT2D eigenvalue weighted by Crippen LogP contribution is 2.23. The van der Waals surface area contributed by atoms with Crippen molar-refractivity contribution >= 4 is 11.8 Å². The number of hydrogen-bond donors (Lipinski definition) is 1. The van der Waals surface area contributed by atoms with Gasteiger partial charge in [-0.1, -0.05) is 12.1 Å². The third-order valence-electron chi connectivity index (χ3n) is 5.32. The van der Waals surface area contributed by atoms with Crippen LogP contribution >= 0.6 is 0 Å². The molecule has 9 heteroatoms. The van der Waals surface area contributed by atoms with Gasteiger partial charge in [0.15, 0.2) is 0 Å². The van der Waals surface area contributed by atoms with Crippen molar-refractivity contribution in [3.8, 4) is 5.75 Å². The number of nitrogens with one attached hydrogen (secondary N) is 1. The number of rotatable bonds is 8. The second-order valence-corrected chi connectivity index (χ2v) is 7.89. The highest BCUT2D eigenvalue weighted by Gasteiger charge is 2.31. The summed E-state index contributed by atoms with van der Waals surface area (Å²) < 4.78 is 40.3. The lowest BCUT2D eigenvalue weighted by Crippen LogP contribution is -2.46. The maximum atomic E-state index is 12.4. The van der Waals surface area contributed by atoms with Crippen LogP contribution in [0.25, 0.3) is 0 Å². The molecule has 1 N–H and O–H groups in total. The third kappa shape index (κ3) is 7.85. The fourth-order valence-electron chi connectivity index (χ4n) is 3.34. The second-order valence-electron chi connectivity index (χ2n) is 7.89. The van der Waals surface area contributed by atoms with Crippen LogP contribution < -0.4 is 10.1 Å². The second kappa shape index (κ2) is 10.7. The van der Waals surface area contributed by atoms with Gasteiger partial charge in [0, 0.05) is 25.6 Å². The van der Waals surface area contributed by atoms with Crippen LogP contribution in [0.15, 0.2) is 24.3 Å². The highest BCUT2D eigenvalue weighted by molar-refractivity contribution is 5.79. The number of carbonyl (C=O) groups excluding carboxylic acids is 2. The van der Waals surface area contributed by atoms with Gasteiger partial charge >= 0.3 is 6.36 Å². The van der Waals surface area contributed by atoms with E-state index in [1.165, 1.54) is 12.1 Å². The van der Waals surface area contributed by atoms with Crippen LogP contribution in [-0.4, -0.2) is 67.2 Å². The molecule has 0 unspecified atom stereocenters. The van der Waals surface area contributed by atoms with Crippen molar-refractivity contribution in [2.45, 2.75) is 45.5 Å². The van der Waals surface area contributed by atoms with Gasteiger partial charge in [0.1, 0.15) is 5.75 Å². The summed E-state index contributed by atoms with van der Waals surface area (Å²) in [4.78, 5) is 28.4. The van der Waals surface area contributed by atoms with Crippen molar-refractivity contribution in [1.82, 2.24) is 15.1 Å². The Morgan fingerprint density at radius 1 is 1.20 bits per heavy atom. The molecule has 6 nitrogen and oxygen atoms in total. The van der Waals surface area contributed by atoms with E-state index in [0.717, 1.165) is 18.4 Å². The number of benzene rings is 1. The maximum Gasteiger partial charge on any atom is 0.573 e. The molecule has 0 spiro atoms. The van der Waals surface area contributed by atoms with Crippen LogP contribution in [0, 0.1) is 5.92 Å². The minimum atomic E-state index is -4.71. The summed E-state index contributed by atoms with van der Waals surface area (Å²) in [5, 5.41) is 2.83. The fourth-order valence-corrected chi connectivity index (χ4v) is 3.34. The zero-order valence-electron chi connectivity index (χ0n) is 17.7. The maximum absolute atomic E-state index is 12.4. The number of alkyl halides is 3. The van der Waals surface area contributed by atoms with Gasteiger partial charge in [-0.2, -0.15) is 0 Å². The highest BCUT2D eigenvalue weighted by atomic mass is 19.4. The Kier molecular flexibility index (Phi) is 8.52. The lowest BCUT2D eigenvalue weighted by atomic mass is 9.95. The van der Waals surface area contributed by atoms with E-state index < -0.39 is 6.36 Å². The number of likely N-dealkylation sites (tertiary alicyclic amines) is 1. The number of ether oxygens (including phenoxy) is 1. The van der Waals surface area contributed by atoms with Gasteiger partial charge in [-0.15, -0.1) is 13.2 Å². The summed E-state index contributed by atoms with van der Waals surface area (Å²) in [6, 6.07) is 5.78. The molecule has 1 aromatic carbocycles. The SMILES string of the molecule is CC(C)N(C)C(=O)C1CCN(CC(=O)NCCc2ccc(OC(F)(F)F)cc2)CC1. The van der Waals surface area contributed by atoms with Crippen molar-refractivity contribution in [2.75, 3.05) is 33.2 Å². The lowest BCUT2D eigenvalue weighted by Gasteiger charge is -2.33. The van der Waals surface area contributed by atoms with Crippen molar-refractivity contribution in [2.24, 2.45) is 5.92 Å². The van der Waals surface area contributed by atoms with E-state index in [2.05, 4.69) is 10.1 Å². The van der Waals surface area contributed by atoms with Gasteiger partial charge in [-0.05, 0) is 63.9 Å². The average molecular weight is 429 g/mol. The topological polar surface area (TPSA) is 61.9 Å². The Hall–Kier alpha value is -2.29. The smallest absolute Gasteiger partial charge is 0.406 e. The van der Waals surface area contributed by atoms with Crippen molar-refractivity contribution in [3.63, 3.8) is 0 Å². The van der Waals surface area contributed by atoms with E-state index in [1.54, 1.807) is 17.0 Å². The molecule has 2 amide bonds. The van der Waals surface area contributed by atoms with E-state index >= 15 is 0 Å². The predicted octanol–water partition coefficient (Wildman–Crippen LogP) is 2.82. The first-order valence-electron chi connectivity index (χ1n) is 10.2. The van der Waals surface area contributed by atoms with Crippen molar-refractivity contribution < 1.29 is 27.5 Å². The quantitative estimate of drug-likeness (QED) is 0.691. The fraction of sp³-hybridized carbons (Fsp3) is 0.619. The molecule has 0 bridgehead atoms. The lowest BCUT2D eigenvalue weighted by molar-refractivity contribution is -0.274. The molecule has 30 heavy (non-hydrogen) atoms. The molecule has 2 rings (SSSR count). The molecule has 0 radical (unpaired) electrons. The van der Waals surface area contributed by atoms with Gasteiger partial charge in [0.05, 0.1) is 6.54 Å². The molecule has 0 aliphatic carbocycles. The summed E-state index contributed by atoms with van der Waals surface area (Å²) >= 11 is 0. The number of nitrogens with zero attached hydrogens (tertiary/aromatic N) is 2. The zero-order valence-corrected chi connectivity index (χ0v) is 17.7. The van der Waals surface area contributed by atoms with Crippen molar-refractivity contribution in [3.05, 3.63) is 29.8 Å². The number of piperidine rings is 1. The summed E-state index contributed by atoms with van der Waals surface area (Å²) in [5.41, 5.74) is 0.804. The van der Waals surface area contributed by atoms with E-state index in [0.29, 0.717) is 26.1 Å². The number of hydrogen-bond acceptors (Lipinski definition) is 4. The monoisotopic (exact) mass is 429 g/mol. The van der Waals surface area contributed by atoms with Crippen LogP contribution in [0.1, 0.15) is 32.3 Å². The Bertz CT molecular complexity index is 700. The predicted molar refractivity (Wildman–Crippen MR) is 107 cm³/mol. The molecule has 1 aliphatic rings. The summed E-state index contributed by atoms with van der Waals surface area (Å²) in [5.74, 6) is -0.186. The normalized spacial score (nSPS) is 15.8. The molecule has 1 aliphatic heterocycles. The molecule has 1 saturated heterocycles. The molecule has 168 valence electrons. The number of halogens is 3. The molecule has 0 aromatic heterocycles. The van der Waals surface area contributed by atoms with Gasteiger partial charge < -0.3 is 15.0 Å². The van der Waals surface area contributed by atoms with E-state index in [9.17, 15) is 22.8 Å². The first-order valence-corrected chi connectivity index (χ1v) is 10.2. The van der Waals surface area contributed by atoms with Gasteiger partial charge in [-0.3, -0.25) is 14.5 Å². The van der Waals surface area contributed by atoms with E-state index in [-0.39, 0.29) is 36.1 Å². The Labute approximate surface area is 175 Å². The first kappa shape index (κ1) is 24.0. The number of amides is 2. The minimum Gasteiger partial charge on any atom is -0.406 e. The molecular formula is C21H30F3N3O3. The van der Waals surface area contributed by atoms with Crippen LogP contribution in [0.5, 0.6) is 5.75 Å². The van der Waals surface area contributed by atoms with E-state index in [1.807, 2.05) is 25.8 Å². The molecule has 1 fully saturated rings. The summed E-state index contributed by atoms with van der Waals surface area (Å²) in [6.45, 7) is 6.06. The summed E-state index contributed by atoms with van der Waals surface area (Å²) in [7, 11) is 1.82. The molecule has 0 atom stereocenters. The standard InChI is InChI=1S/C21H30F3N3O3/c1-15(2)26(3)20(29)17-9-12-27(13-10-17)14-19(28)25-11-8-16-4-6-18(7-5-16)30-21(22,23)24/h4-7,15,17H,8-14H2,1-3H3,(H,25,28). The Morgan fingerprint density at radius 2 is 1.80 bits per heavy atom. The Balaban J connectivity index is 1.67. The van der Waals surface area contributed by atoms with Crippen LogP contribution in [0.2, 0.25) is 0 Å². The Morgan fingerprint density at radius 3 is 2.33 bits per heavy atom. The largest absolute Gasteiger partial charge is 0.573 e.